The number of nitrogens with one attached hydrogen (secondary N) is 1. The normalized spacial score (nSPS) is 11.0. The van der Waals surface area contributed by atoms with E-state index in [-0.39, 0.29) is 30.0 Å². The molecule has 1 aromatic heterocycles. The Labute approximate surface area is 143 Å². The number of carbonyl (C=O) groups is 2. The van der Waals surface area contributed by atoms with E-state index in [4.69, 9.17) is 15.7 Å². The van der Waals surface area contributed by atoms with Crippen LogP contribution in [0.5, 0.6) is 0 Å². The van der Waals surface area contributed by atoms with Crippen molar-refractivity contribution in [2.24, 2.45) is 0 Å². The van der Waals surface area contributed by atoms with E-state index in [9.17, 15) is 14.4 Å². The molecule has 0 radical (unpaired) electrons. The molecule has 0 saturated heterocycles. The third-order valence-corrected chi connectivity index (χ3v) is 3.31. The van der Waals surface area contributed by atoms with Crippen molar-refractivity contribution in [3.05, 3.63) is 57.4 Å². The lowest BCUT2D eigenvalue weighted by atomic mass is 10.1. The molecule has 0 aliphatic heterocycles. The predicted octanol–water partition coefficient (Wildman–Crippen LogP) is 1.11. The van der Waals surface area contributed by atoms with Gasteiger partial charge in [0.05, 0.1) is 18.6 Å². The second-order valence-corrected chi connectivity index (χ2v) is 5.03. The maximum absolute atomic E-state index is 12.4. The molecular weight excluding hydrogens is 324 g/mol. The van der Waals surface area contributed by atoms with Crippen LogP contribution >= 0.6 is 0 Å². The number of carbonyl (C=O) groups excluding carboxylic acids is 2. The summed E-state index contributed by atoms with van der Waals surface area (Å²) in [5.41, 5.74) is 5.18. The van der Waals surface area contributed by atoms with E-state index in [2.05, 4.69) is 5.10 Å². The van der Waals surface area contributed by atoms with Gasteiger partial charge in [-0.3, -0.25) is 14.7 Å². The Morgan fingerprint density at radius 2 is 2.04 bits per heavy atom. The largest absolute Gasteiger partial charge is 0.462 e. The van der Waals surface area contributed by atoms with Gasteiger partial charge in [-0.25, -0.2) is 4.79 Å². The Morgan fingerprint density at radius 1 is 1.36 bits per heavy atom. The Balaban J connectivity index is 2.35. The molecule has 0 atom stereocenters. The summed E-state index contributed by atoms with van der Waals surface area (Å²) in [6.07, 6.45) is 1.01. The molecule has 0 amide bonds. The monoisotopic (exact) mass is 340 g/mol. The van der Waals surface area contributed by atoms with Gasteiger partial charge in [-0.05, 0) is 18.6 Å². The molecule has 25 heavy (non-hydrogen) atoms. The van der Waals surface area contributed by atoms with Crippen LogP contribution in [0.1, 0.15) is 22.8 Å². The molecule has 0 spiro atoms. The van der Waals surface area contributed by atoms with Crippen LogP contribution in [-0.4, -0.2) is 28.3 Å². The first-order valence-corrected chi connectivity index (χ1v) is 7.44. The van der Waals surface area contributed by atoms with E-state index >= 15 is 0 Å². The Kier molecular flexibility index (Phi) is 5.53. The van der Waals surface area contributed by atoms with Crippen molar-refractivity contribution in [2.45, 2.75) is 13.3 Å². The summed E-state index contributed by atoms with van der Waals surface area (Å²) in [6.45, 7) is 1.67. The lowest BCUT2D eigenvalue weighted by molar-refractivity contribution is -0.137. The van der Waals surface area contributed by atoms with Crippen molar-refractivity contribution < 1.29 is 14.3 Å². The highest BCUT2D eigenvalue weighted by molar-refractivity contribution is 5.98. The van der Waals surface area contributed by atoms with Crippen molar-refractivity contribution in [3.8, 4) is 6.07 Å². The Bertz CT molecular complexity index is 916. The maximum Gasteiger partial charge on any atom is 0.348 e. The fourth-order valence-electron chi connectivity index (χ4n) is 2.12. The standard InChI is InChI=1S/C17H16N4O4/c1-2-25-17(24)12(10-18)9-13-15(19)20-21(16(13)23)14(22)8-11-6-4-3-5-7-11/h3-7,9,20H,2,8,19H2,1H3/b12-9+. The van der Waals surface area contributed by atoms with Gasteiger partial charge in [0, 0.05) is 0 Å². The van der Waals surface area contributed by atoms with Crippen LogP contribution in [0, 0.1) is 11.3 Å². The second kappa shape index (κ2) is 7.79. The van der Waals surface area contributed by atoms with Crippen LogP contribution in [0.25, 0.3) is 6.08 Å². The van der Waals surface area contributed by atoms with Gasteiger partial charge < -0.3 is 10.5 Å². The van der Waals surface area contributed by atoms with E-state index < -0.39 is 17.4 Å². The van der Waals surface area contributed by atoms with Gasteiger partial charge in [0.15, 0.2) is 0 Å². The van der Waals surface area contributed by atoms with E-state index in [0.717, 1.165) is 16.3 Å². The molecule has 0 saturated carbocycles. The number of nitrogens with zero attached hydrogens (tertiary/aromatic N) is 2. The zero-order valence-corrected chi connectivity index (χ0v) is 13.5. The van der Waals surface area contributed by atoms with Crippen LogP contribution in [0.4, 0.5) is 5.82 Å². The zero-order chi connectivity index (χ0) is 18.4. The van der Waals surface area contributed by atoms with Gasteiger partial charge in [0.25, 0.3) is 11.5 Å². The molecule has 1 heterocycles. The van der Waals surface area contributed by atoms with Crippen molar-refractivity contribution in [3.63, 3.8) is 0 Å². The fraction of sp³-hybridized carbons (Fsp3) is 0.176. The number of esters is 1. The summed E-state index contributed by atoms with van der Waals surface area (Å²) in [6, 6.07) is 10.5. The Hall–Kier alpha value is -3.60. The van der Waals surface area contributed by atoms with Gasteiger partial charge in [-0.15, -0.1) is 0 Å². The number of aromatic nitrogens is 2. The molecule has 0 fully saturated rings. The van der Waals surface area contributed by atoms with Crippen molar-refractivity contribution in [1.29, 1.82) is 5.26 Å². The van der Waals surface area contributed by atoms with Crippen LogP contribution in [0.15, 0.2) is 40.7 Å². The van der Waals surface area contributed by atoms with Crippen LogP contribution in [0.3, 0.4) is 0 Å². The molecule has 1 aromatic carbocycles. The number of nitrogens with two attached hydrogens (primary N) is 1. The number of benzene rings is 1. The highest BCUT2D eigenvalue weighted by Gasteiger charge is 2.18. The number of H-pyrrole nitrogens is 1. The average Bonchev–Trinajstić information content (AvgIpc) is 2.88. The van der Waals surface area contributed by atoms with E-state index in [1.54, 1.807) is 37.3 Å². The fourth-order valence-corrected chi connectivity index (χ4v) is 2.12. The number of nitrogen functional groups attached to an aromatic ring is 1. The second-order valence-electron chi connectivity index (χ2n) is 5.03. The highest BCUT2D eigenvalue weighted by Crippen LogP contribution is 2.11. The van der Waals surface area contributed by atoms with Crippen molar-refractivity contribution in [1.82, 2.24) is 9.78 Å². The van der Waals surface area contributed by atoms with Crippen LogP contribution in [0.2, 0.25) is 0 Å². The van der Waals surface area contributed by atoms with Crippen molar-refractivity contribution >= 4 is 23.8 Å². The number of rotatable bonds is 5. The third kappa shape index (κ3) is 4.03. The van der Waals surface area contributed by atoms with E-state index in [1.807, 2.05) is 6.07 Å². The average molecular weight is 340 g/mol. The maximum atomic E-state index is 12.4. The summed E-state index contributed by atoms with van der Waals surface area (Å²) in [7, 11) is 0. The predicted molar refractivity (Wildman–Crippen MR) is 90.5 cm³/mol. The first-order chi connectivity index (χ1) is 12.0. The number of anilines is 1. The number of hydrogen-bond acceptors (Lipinski definition) is 6. The number of aromatic amines is 1. The molecule has 0 aliphatic carbocycles. The van der Waals surface area contributed by atoms with Crippen molar-refractivity contribution in [2.75, 3.05) is 12.3 Å². The highest BCUT2D eigenvalue weighted by atomic mass is 16.5. The molecule has 2 rings (SSSR count). The first kappa shape index (κ1) is 17.7. The van der Waals surface area contributed by atoms with Gasteiger partial charge in [-0.1, -0.05) is 30.3 Å². The summed E-state index contributed by atoms with van der Waals surface area (Å²) < 4.78 is 5.48. The number of ether oxygens (including phenoxy) is 1. The molecule has 0 bridgehead atoms. The van der Waals surface area contributed by atoms with Crippen LogP contribution in [-0.2, 0) is 16.0 Å². The van der Waals surface area contributed by atoms with Gasteiger partial charge >= 0.3 is 5.97 Å². The lowest BCUT2D eigenvalue weighted by Crippen LogP contribution is -2.27. The number of nitriles is 1. The molecular formula is C17H16N4O4. The van der Waals surface area contributed by atoms with Gasteiger partial charge in [0.2, 0.25) is 0 Å². The summed E-state index contributed by atoms with van der Waals surface area (Å²) in [4.78, 5) is 36.3. The SMILES string of the molecule is CCOC(=O)/C(C#N)=C/c1c(N)[nH]n(C(=O)Cc2ccccc2)c1=O. The minimum atomic E-state index is -0.868. The van der Waals surface area contributed by atoms with Gasteiger partial charge in [0.1, 0.15) is 17.5 Å². The van der Waals surface area contributed by atoms with E-state index in [0.29, 0.717) is 0 Å². The molecule has 2 aromatic rings. The smallest absolute Gasteiger partial charge is 0.348 e. The molecule has 0 aliphatic rings. The van der Waals surface area contributed by atoms with Crippen LogP contribution < -0.4 is 11.3 Å². The molecule has 8 heteroatoms. The number of hydrogen-bond donors (Lipinski definition) is 2. The summed E-state index contributed by atoms with van der Waals surface area (Å²) in [5.74, 6) is -1.51. The topological polar surface area (TPSA) is 131 Å². The Morgan fingerprint density at radius 3 is 2.64 bits per heavy atom. The summed E-state index contributed by atoms with van der Waals surface area (Å²) in [5, 5.41) is 11.5. The quantitative estimate of drug-likeness (QED) is 0.476. The molecule has 8 nitrogen and oxygen atoms in total. The van der Waals surface area contributed by atoms with E-state index in [1.165, 1.54) is 0 Å². The first-order valence-electron chi connectivity index (χ1n) is 7.44. The molecule has 0 unspecified atom stereocenters. The molecule has 3 N–H and O–H groups in total. The minimum absolute atomic E-state index is 0.00711. The minimum Gasteiger partial charge on any atom is -0.462 e. The molecule has 128 valence electrons. The summed E-state index contributed by atoms with van der Waals surface area (Å²) >= 11 is 0. The third-order valence-electron chi connectivity index (χ3n) is 3.31. The zero-order valence-electron chi connectivity index (χ0n) is 13.5. The van der Waals surface area contributed by atoms with Gasteiger partial charge in [-0.2, -0.15) is 9.94 Å². The lowest BCUT2D eigenvalue weighted by Gasteiger charge is -2.00.